The van der Waals surface area contributed by atoms with Gasteiger partial charge in [-0.15, -0.1) is 0 Å². The zero-order chi connectivity index (χ0) is 22.5. The smallest absolute Gasteiger partial charge is 0.338 e. The van der Waals surface area contributed by atoms with Crippen molar-refractivity contribution in [3.8, 4) is 12.1 Å². The summed E-state index contributed by atoms with van der Waals surface area (Å²) >= 11 is 1.25. The van der Waals surface area contributed by atoms with Crippen LogP contribution in [0.2, 0.25) is 0 Å². The number of ether oxygens (including phenoxy) is 2. The Bertz CT molecular complexity index is 1180. The first-order chi connectivity index (χ1) is 14.9. The van der Waals surface area contributed by atoms with Crippen molar-refractivity contribution in [3.63, 3.8) is 0 Å². The lowest BCUT2D eigenvalue weighted by atomic mass is 9.84. The zero-order valence-corrected chi connectivity index (χ0v) is 18.0. The van der Waals surface area contributed by atoms with Crippen LogP contribution >= 0.6 is 11.8 Å². The number of nitrogens with zero attached hydrogens (tertiary/aromatic N) is 4. The minimum atomic E-state index is -0.779. The SMILES string of the molecule is COC(=O)C1=C(CSc2nc(C)cc(C)c2C#N)OC(N)=C(C#N)[C@H]1c1cccnc1. The van der Waals surface area contributed by atoms with Crippen molar-refractivity contribution in [3.05, 3.63) is 75.8 Å². The van der Waals surface area contributed by atoms with Crippen molar-refractivity contribution in [2.45, 2.75) is 24.8 Å². The number of rotatable bonds is 5. The number of aryl methyl sites for hydroxylation is 2. The fourth-order valence-electron chi connectivity index (χ4n) is 3.32. The molecule has 1 atom stereocenters. The van der Waals surface area contributed by atoms with Crippen molar-refractivity contribution < 1.29 is 14.3 Å². The molecule has 0 aromatic carbocycles. The summed E-state index contributed by atoms with van der Waals surface area (Å²) < 4.78 is 10.7. The topological polar surface area (TPSA) is 135 Å². The number of nitrogens with two attached hydrogens (primary N) is 1. The number of carbonyl (C=O) groups is 1. The highest BCUT2D eigenvalue weighted by atomic mass is 32.2. The second-order valence-corrected chi connectivity index (χ2v) is 7.66. The molecule has 2 aromatic heterocycles. The first kappa shape index (κ1) is 21.9. The molecule has 3 rings (SSSR count). The van der Waals surface area contributed by atoms with Crippen LogP contribution in [-0.2, 0) is 14.3 Å². The molecule has 0 aliphatic carbocycles. The summed E-state index contributed by atoms with van der Waals surface area (Å²) in [5.41, 5.74) is 8.94. The van der Waals surface area contributed by atoms with Gasteiger partial charge in [-0.3, -0.25) is 4.98 Å². The van der Waals surface area contributed by atoms with Crippen LogP contribution in [0.5, 0.6) is 0 Å². The van der Waals surface area contributed by atoms with E-state index in [2.05, 4.69) is 16.0 Å². The Kier molecular flexibility index (Phi) is 6.58. The number of methoxy groups -OCH3 is 1. The molecular formula is C22H19N5O3S. The first-order valence-electron chi connectivity index (χ1n) is 9.21. The Balaban J connectivity index is 2.09. The maximum absolute atomic E-state index is 12.7. The number of aromatic nitrogens is 2. The molecule has 0 spiro atoms. The molecule has 0 radical (unpaired) electrons. The highest BCUT2D eigenvalue weighted by Gasteiger charge is 2.37. The third-order valence-electron chi connectivity index (χ3n) is 4.68. The highest BCUT2D eigenvalue weighted by molar-refractivity contribution is 7.99. The van der Waals surface area contributed by atoms with Crippen LogP contribution in [0.15, 0.2) is 58.4 Å². The fourth-order valence-corrected chi connectivity index (χ4v) is 4.36. The van der Waals surface area contributed by atoms with Gasteiger partial charge >= 0.3 is 5.97 Å². The molecule has 2 aromatic rings. The van der Waals surface area contributed by atoms with E-state index in [1.165, 1.54) is 18.9 Å². The number of thioether (sulfide) groups is 1. The van der Waals surface area contributed by atoms with Crippen molar-refractivity contribution >= 4 is 17.7 Å². The Labute approximate surface area is 184 Å². The largest absolute Gasteiger partial charge is 0.466 e. The van der Waals surface area contributed by atoms with E-state index in [0.29, 0.717) is 16.2 Å². The van der Waals surface area contributed by atoms with E-state index in [9.17, 15) is 15.3 Å². The van der Waals surface area contributed by atoms with E-state index in [1.54, 1.807) is 24.5 Å². The predicted molar refractivity (Wildman–Crippen MR) is 113 cm³/mol. The van der Waals surface area contributed by atoms with Crippen LogP contribution in [0.3, 0.4) is 0 Å². The summed E-state index contributed by atoms with van der Waals surface area (Å²) in [5.74, 6) is -1.11. The van der Waals surface area contributed by atoms with Gasteiger partial charge in [-0.2, -0.15) is 10.5 Å². The third-order valence-corrected chi connectivity index (χ3v) is 5.66. The normalized spacial score (nSPS) is 15.7. The summed E-state index contributed by atoms with van der Waals surface area (Å²) in [6, 6.07) is 9.49. The summed E-state index contributed by atoms with van der Waals surface area (Å²) in [6.07, 6.45) is 3.16. The molecule has 0 fully saturated rings. The summed E-state index contributed by atoms with van der Waals surface area (Å²) in [7, 11) is 1.26. The standard InChI is InChI=1S/C22H19N5O3S/c1-12-7-13(2)27-21(15(12)8-23)31-11-17-19(22(28)29-3)18(14-5-4-6-26-10-14)16(9-24)20(25)30-17/h4-7,10,18H,11,25H2,1-3H3/t18-/m1/s1. The van der Waals surface area contributed by atoms with Gasteiger partial charge in [-0.25, -0.2) is 9.78 Å². The molecule has 31 heavy (non-hydrogen) atoms. The summed E-state index contributed by atoms with van der Waals surface area (Å²) in [4.78, 5) is 21.3. The monoisotopic (exact) mass is 433 g/mol. The molecule has 0 saturated heterocycles. The van der Waals surface area contributed by atoms with Gasteiger partial charge in [0.2, 0.25) is 5.88 Å². The van der Waals surface area contributed by atoms with Crippen LogP contribution in [0.25, 0.3) is 0 Å². The van der Waals surface area contributed by atoms with Gasteiger partial charge in [0.15, 0.2) is 0 Å². The van der Waals surface area contributed by atoms with Gasteiger partial charge in [0, 0.05) is 18.1 Å². The van der Waals surface area contributed by atoms with Crippen LogP contribution in [0, 0.1) is 36.5 Å². The van der Waals surface area contributed by atoms with Gasteiger partial charge in [0.05, 0.1) is 29.9 Å². The second-order valence-electron chi connectivity index (χ2n) is 6.70. The lowest BCUT2D eigenvalue weighted by Crippen LogP contribution is -2.26. The third kappa shape index (κ3) is 4.37. The van der Waals surface area contributed by atoms with Crippen molar-refractivity contribution in [2.24, 2.45) is 5.73 Å². The summed E-state index contributed by atoms with van der Waals surface area (Å²) in [5, 5.41) is 19.7. The minimum absolute atomic E-state index is 0.0894. The zero-order valence-electron chi connectivity index (χ0n) is 17.2. The van der Waals surface area contributed by atoms with E-state index in [-0.39, 0.29) is 28.5 Å². The van der Waals surface area contributed by atoms with Crippen LogP contribution in [0.4, 0.5) is 0 Å². The predicted octanol–water partition coefficient (Wildman–Crippen LogP) is 2.99. The van der Waals surface area contributed by atoms with E-state index in [1.807, 2.05) is 26.0 Å². The molecule has 1 aliphatic heterocycles. The van der Waals surface area contributed by atoms with Gasteiger partial charge in [-0.05, 0) is 37.1 Å². The Hall–Kier alpha value is -3.82. The van der Waals surface area contributed by atoms with Crippen molar-refractivity contribution in [1.82, 2.24) is 9.97 Å². The van der Waals surface area contributed by atoms with E-state index >= 15 is 0 Å². The number of carbonyl (C=O) groups excluding carboxylic acids is 1. The quantitative estimate of drug-likeness (QED) is 0.557. The Morgan fingerprint density at radius 3 is 2.74 bits per heavy atom. The molecule has 8 nitrogen and oxygen atoms in total. The van der Waals surface area contributed by atoms with Crippen LogP contribution < -0.4 is 5.73 Å². The maximum atomic E-state index is 12.7. The van der Waals surface area contributed by atoms with E-state index in [0.717, 1.165) is 11.3 Å². The van der Waals surface area contributed by atoms with Gasteiger partial charge in [-0.1, -0.05) is 17.8 Å². The van der Waals surface area contributed by atoms with Crippen molar-refractivity contribution in [2.75, 3.05) is 12.9 Å². The first-order valence-corrected chi connectivity index (χ1v) is 10.2. The van der Waals surface area contributed by atoms with Crippen molar-refractivity contribution in [1.29, 1.82) is 10.5 Å². The molecule has 2 N–H and O–H groups in total. The molecule has 1 aliphatic rings. The number of esters is 1. The van der Waals surface area contributed by atoms with Gasteiger partial charge in [0.1, 0.15) is 28.5 Å². The number of allylic oxidation sites excluding steroid dienone is 1. The maximum Gasteiger partial charge on any atom is 0.338 e. The number of hydrogen-bond acceptors (Lipinski definition) is 9. The number of hydrogen-bond donors (Lipinski definition) is 1. The van der Waals surface area contributed by atoms with Crippen LogP contribution in [0.1, 0.15) is 28.3 Å². The average Bonchev–Trinajstić information content (AvgIpc) is 2.76. The molecule has 0 unspecified atom stereocenters. The summed E-state index contributed by atoms with van der Waals surface area (Å²) in [6.45, 7) is 3.68. The van der Waals surface area contributed by atoms with Gasteiger partial charge < -0.3 is 15.2 Å². The Morgan fingerprint density at radius 1 is 1.35 bits per heavy atom. The van der Waals surface area contributed by atoms with E-state index in [4.69, 9.17) is 15.2 Å². The molecule has 0 amide bonds. The van der Waals surface area contributed by atoms with Gasteiger partial charge in [0.25, 0.3) is 0 Å². The lowest BCUT2D eigenvalue weighted by Gasteiger charge is -2.27. The van der Waals surface area contributed by atoms with E-state index < -0.39 is 11.9 Å². The number of pyridine rings is 2. The average molecular weight is 433 g/mol. The fraction of sp³-hybridized carbons (Fsp3) is 0.227. The molecule has 0 bridgehead atoms. The molecular weight excluding hydrogens is 414 g/mol. The molecule has 0 saturated carbocycles. The van der Waals surface area contributed by atoms with Crippen LogP contribution in [-0.4, -0.2) is 28.8 Å². The number of nitriles is 2. The minimum Gasteiger partial charge on any atom is -0.466 e. The second kappa shape index (κ2) is 9.33. The lowest BCUT2D eigenvalue weighted by molar-refractivity contribution is -0.136. The Morgan fingerprint density at radius 2 is 2.13 bits per heavy atom. The molecule has 3 heterocycles. The molecule has 9 heteroatoms. The highest BCUT2D eigenvalue weighted by Crippen LogP contribution is 2.41. The molecule has 156 valence electrons.